The van der Waals surface area contributed by atoms with E-state index in [0.29, 0.717) is 6.04 Å². The van der Waals surface area contributed by atoms with Crippen LogP contribution in [0.5, 0.6) is 0 Å². The average Bonchev–Trinajstić information content (AvgIpc) is 2.36. The van der Waals surface area contributed by atoms with Crippen LogP contribution in [0.1, 0.15) is 51.2 Å². The van der Waals surface area contributed by atoms with Gasteiger partial charge in [-0.3, -0.25) is 0 Å². The fraction of sp³-hybridized carbons (Fsp3) is 0.625. The Morgan fingerprint density at radius 2 is 1.61 bits per heavy atom. The van der Waals surface area contributed by atoms with Crippen molar-refractivity contribution in [3.8, 4) is 0 Å². The van der Waals surface area contributed by atoms with E-state index in [9.17, 15) is 0 Å². The summed E-state index contributed by atoms with van der Waals surface area (Å²) in [6, 6.07) is 8.71. The third kappa shape index (κ3) is 6.18. The summed E-state index contributed by atoms with van der Waals surface area (Å²) in [6.07, 6.45) is 3.86. The van der Waals surface area contributed by atoms with Gasteiger partial charge < -0.3 is 10.4 Å². The Morgan fingerprint density at radius 3 is 2.17 bits per heavy atom. The van der Waals surface area contributed by atoms with E-state index in [0.717, 1.165) is 18.0 Å². The van der Waals surface area contributed by atoms with Gasteiger partial charge in [0.05, 0.1) is 6.61 Å². The van der Waals surface area contributed by atoms with Crippen LogP contribution in [0.2, 0.25) is 0 Å². The maximum Gasteiger partial charge on any atom is 0.0681 e. The quantitative estimate of drug-likeness (QED) is 0.739. The Bertz CT molecular complexity index is 318. The summed E-state index contributed by atoms with van der Waals surface area (Å²) in [6.45, 7) is 7.85. The van der Waals surface area contributed by atoms with Crippen LogP contribution >= 0.6 is 0 Å². The van der Waals surface area contributed by atoms with Gasteiger partial charge in [-0.2, -0.15) is 0 Å². The van der Waals surface area contributed by atoms with E-state index in [4.69, 9.17) is 5.11 Å². The molecule has 0 amide bonds. The van der Waals surface area contributed by atoms with Crippen molar-refractivity contribution < 1.29 is 5.11 Å². The van der Waals surface area contributed by atoms with Crippen LogP contribution in [-0.4, -0.2) is 11.1 Å². The van der Waals surface area contributed by atoms with E-state index >= 15 is 0 Å². The van der Waals surface area contributed by atoms with Gasteiger partial charge in [0, 0.05) is 12.6 Å². The van der Waals surface area contributed by atoms with Crippen molar-refractivity contribution in [1.82, 2.24) is 5.32 Å². The molecule has 0 saturated carbocycles. The van der Waals surface area contributed by atoms with E-state index in [-0.39, 0.29) is 6.61 Å². The van der Waals surface area contributed by atoms with Crippen LogP contribution in [0.3, 0.4) is 0 Å². The van der Waals surface area contributed by atoms with Gasteiger partial charge in [0.25, 0.3) is 0 Å². The first-order chi connectivity index (χ1) is 8.61. The summed E-state index contributed by atoms with van der Waals surface area (Å²) >= 11 is 0. The highest BCUT2D eigenvalue weighted by Crippen LogP contribution is 2.09. The van der Waals surface area contributed by atoms with Crippen molar-refractivity contribution in [2.75, 3.05) is 0 Å². The molecule has 2 N–H and O–H groups in total. The van der Waals surface area contributed by atoms with E-state index in [2.05, 4.69) is 38.2 Å². The molecule has 2 heteroatoms. The zero-order valence-electron chi connectivity index (χ0n) is 11.9. The monoisotopic (exact) mass is 249 g/mol. The van der Waals surface area contributed by atoms with E-state index < -0.39 is 0 Å². The zero-order chi connectivity index (χ0) is 13.4. The molecule has 0 spiro atoms. The first-order valence-corrected chi connectivity index (χ1v) is 7.04. The molecule has 1 unspecified atom stereocenters. The van der Waals surface area contributed by atoms with Gasteiger partial charge in [-0.05, 0) is 30.4 Å². The Balaban J connectivity index is 2.22. The molecule has 1 aromatic rings. The van der Waals surface area contributed by atoms with Crippen LogP contribution in [0.15, 0.2) is 24.3 Å². The number of aliphatic hydroxyl groups excluding tert-OH is 1. The van der Waals surface area contributed by atoms with E-state index in [1.54, 1.807) is 0 Å². The third-order valence-corrected chi connectivity index (χ3v) is 3.28. The van der Waals surface area contributed by atoms with Crippen LogP contribution in [0, 0.1) is 5.92 Å². The summed E-state index contributed by atoms with van der Waals surface area (Å²) in [4.78, 5) is 0. The molecule has 0 saturated heterocycles. The summed E-state index contributed by atoms with van der Waals surface area (Å²) in [5.74, 6) is 0.809. The molecule has 18 heavy (non-hydrogen) atoms. The molecule has 0 heterocycles. The lowest BCUT2D eigenvalue weighted by atomic mass is 10.0. The van der Waals surface area contributed by atoms with E-state index in [1.807, 2.05) is 12.1 Å². The predicted octanol–water partition coefficient (Wildman–Crippen LogP) is 3.48. The average molecular weight is 249 g/mol. The van der Waals surface area contributed by atoms with Crippen LogP contribution in [0.4, 0.5) is 0 Å². The first-order valence-electron chi connectivity index (χ1n) is 7.04. The second-order valence-electron chi connectivity index (χ2n) is 5.58. The van der Waals surface area contributed by atoms with Crippen molar-refractivity contribution in [2.45, 2.75) is 59.2 Å². The first kappa shape index (κ1) is 15.2. The fourth-order valence-corrected chi connectivity index (χ4v) is 1.99. The number of nitrogens with one attached hydrogen (secondary N) is 1. The third-order valence-electron chi connectivity index (χ3n) is 3.28. The van der Waals surface area contributed by atoms with Crippen molar-refractivity contribution in [3.05, 3.63) is 35.4 Å². The fourth-order valence-electron chi connectivity index (χ4n) is 1.99. The van der Waals surface area contributed by atoms with Gasteiger partial charge >= 0.3 is 0 Å². The van der Waals surface area contributed by atoms with Gasteiger partial charge in [-0.25, -0.2) is 0 Å². The molecule has 0 bridgehead atoms. The Labute approximate surface area is 111 Å². The Hall–Kier alpha value is -0.860. The second kappa shape index (κ2) is 8.28. The molecule has 0 radical (unpaired) electrons. The summed E-state index contributed by atoms with van der Waals surface area (Å²) in [5, 5.41) is 12.5. The molecule has 1 rings (SSSR count). The van der Waals surface area contributed by atoms with Gasteiger partial charge in [-0.15, -0.1) is 0 Å². The van der Waals surface area contributed by atoms with Gasteiger partial charge in [0.1, 0.15) is 0 Å². The summed E-state index contributed by atoms with van der Waals surface area (Å²) in [7, 11) is 0. The van der Waals surface area contributed by atoms with Crippen molar-refractivity contribution in [2.24, 2.45) is 5.92 Å². The number of hydrogen-bond acceptors (Lipinski definition) is 2. The summed E-state index contributed by atoms with van der Waals surface area (Å²) < 4.78 is 0. The van der Waals surface area contributed by atoms with Gasteiger partial charge in [0.15, 0.2) is 0 Å². The second-order valence-corrected chi connectivity index (χ2v) is 5.58. The number of hydrogen-bond donors (Lipinski definition) is 2. The SMILES string of the molecule is CC(C)CCCC(C)NCc1ccc(CO)cc1. The van der Waals surface area contributed by atoms with Crippen molar-refractivity contribution in [1.29, 1.82) is 0 Å². The normalized spacial score (nSPS) is 12.9. The lowest BCUT2D eigenvalue weighted by molar-refractivity contribution is 0.282. The Kier molecular flexibility index (Phi) is 6.99. The van der Waals surface area contributed by atoms with Gasteiger partial charge in [0.2, 0.25) is 0 Å². The maximum absolute atomic E-state index is 8.97. The largest absolute Gasteiger partial charge is 0.392 e. The minimum atomic E-state index is 0.124. The highest BCUT2D eigenvalue weighted by Gasteiger charge is 2.02. The molecule has 0 aliphatic heterocycles. The molecule has 0 fully saturated rings. The minimum Gasteiger partial charge on any atom is -0.392 e. The summed E-state index contributed by atoms with van der Waals surface area (Å²) in [5.41, 5.74) is 2.26. The molecular weight excluding hydrogens is 222 g/mol. The molecule has 0 aliphatic carbocycles. The molecule has 0 aliphatic rings. The smallest absolute Gasteiger partial charge is 0.0681 e. The highest BCUT2D eigenvalue weighted by atomic mass is 16.3. The molecular formula is C16H27NO. The van der Waals surface area contributed by atoms with Gasteiger partial charge in [-0.1, -0.05) is 51.0 Å². The van der Waals surface area contributed by atoms with Crippen LogP contribution in [0.25, 0.3) is 0 Å². The highest BCUT2D eigenvalue weighted by molar-refractivity contribution is 5.21. The minimum absolute atomic E-state index is 0.124. The predicted molar refractivity (Wildman–Crippen MR) is 77.4 cm³/mol. The lowest BCUT2D eigenvalue weighted by Gasteiger charge is -2.14. The number of aliphatic hydroxyl groups is 1. The number of benzene rings is 1. The molecule has 2 nitrogen and oxygen atoms in total. The Morgan fingerprint density at radius 1 is 1.00 bits per heavy atom. The molecule has 1 atom stereocenters. The maximum atomic E-state index is 8.97. The van der Waals surface area contributed by atoms with Crippen LogP contribution in [-0.2, 0) is 13.2 Å². The van der Waals surface area contributed by atoms with Crippen LogP contribution < -0.4 is 5.32 Å². The standard InChI is InChI=1S/C16H27NO/c1-13(2)5-4-6-14(3)17-11-15-7-9-16(12-18)10-8-15/h7-10,13-14,17-18H,4-6,11-12H2,1-3H3. The van der Waals surface area contributed by atoms with E-state index in [1.165, 1.54) is 24.8 Å². The lowest BCUT2D eigenvalue weighted by Crippen LogP contribution is -2.25. The number of rotatable bonds is 8. The molecule has 0 aromatic heterocycles. The zero-order valence-corrected chi connectivity index (χ0v) is 11.9. The van der Waals surface area contributed by atoms with Crippen molar-refractivity contribution >= 4 is 0 Å². The topological polar surface area (TPSA) is 32.3 Å². The van der Waals surface area contributed by atoms with Crippen molar-refractivity contribution in [3.63, 3.8) is 0 Å². The molecule has 1 aromatic carbocycles. The molecule has 102 valence electrons.